The average molecular weight is 446 g/mol. The number of carbonyl (C=O) groups is 2. The van der Waals surface area contributed by atoms with Crippen LogP contribution in [-0.2, 0) is 19.6 Å². The molecule has 0 radical (unpaired) electrons. The Bertz CT molecular complexity index is 919. The molecule has 0 aliphatic carbocycles. The molecule has 1 saturated heterocycles. The molecule has 3 rings (SSSR count). The summed E-state index contributed by atoms with van der Waals surface area (Å²) in [6, 6.07) is 2.74. The zero-order valence-electron chi connectivity index (χ0n) is 15.3. The van der Waals surface area contributed by atoms with Crippen LogP contribution < -0.4 is 5.32 Å². The van der Waals surface area contributed by atoms with Crippen molar-refractivity contribution < 1.29 is 18.0 Å². The predicted octanol–water partition coefficient (Wildman–Crippen LogP) is 2.60. The zero-order chi connectivity index (χ0) is 20.5. The molecular formula is C18H21Cl2N3O4S. The Balaban J connectivity index is 1.86. The number of amides is 2. The first-order valence-corrected chi connectivity index (χ1v) is 11.1. The first-order chi connectivity index (χ1) is 13.2. The summed E-state index contributed by atoms with van der Waals surface area (Å²) in [5, 5.41) is 2.79. The molecule has 1 aromatic rings. The Morgan fingerprint density at radius 1 is 1.29 bits per heavy atom. The molecule has 2 aliphatic rings. The van der Waals surface area contributed by atoms with Crippen molar-refractivity contribution in [3.8, 4) is 0 Å². The molecule has 0 aromatic heterocycles. The van der Waals surface area contributed by atoms with Crippen LogP contribution in [0.15, 0.2) is 35.5 Å². The van der Waals surface area contributed by atoms with E-state index in [1.165, 1.54) is 30.6 Å². The highest BCUT2D eigenvalue weighted by Crippen LogP contribution is 2.29. The van der Waals surface area contributed by atoms with E-state index in [0.29, 0.717) is 19.0 Å². The Hall–Kier alpha value is -1.77. The van der Waals surface area contributed by atoms with Gasteiger partial charge in [-0.05, 0) is 37.0 Å². The SMILES string of the molecule is C[C@H]1CCCN(C(=O)C[C@@H]2C(=O)NC=CN2S(=O)(=O)c2ccc(Cl)c(Cl)c2)C1. The minimum Gasteiger partial charge on any atom is -0.342 e. The van der Waals surface area contributed by atoms with Gasteiger partial charge in [-0.3, -0.25) is 13.9 Å². The van der Waals surface area contributed by atoms with Crippen LogP contribution in [0.2, 0.25) is 10.0 Å². The van der Waals surface area contributed by atoms with Gasteiger partial charge in [-0.25, -0.2) is 8.42 Å². The Labute approximate surface area is 174 Å². The third-order valence-corrected chi connectivity index (χ3v) is 7.42. The van der Waals surface area contributed by atoms with Crippen molar-refractivity contribution in [3.05, 3.63) is 40.6 Å². The molecule has 2 aliphatic heterocycles. The number of rotatable bonds is 4. The Morgan fingerprint density at radius 3 is 2.71 bits per heavy atom. The fourth-order valence-corrected chi connectivity index (χ4v) is 5.25. The van der Waals surface area contributed by atoms with Crippen LogP contribution in [0.3, 0.4) is 0 Å². The smallest absolute Gasteiger partial charge is 0.264 e. The van der Waals surface area contributed by atoms with Crippen molar-refractivity contribution in [1.29, 1.82) is 0 Å². The van der Waals surface area contributed by atoms with Gasteiger partial charge in [0.25, 0.3) is 10.0 Å². The molecule has 0 saturated carbocycles. The fraction of sp³-hybridized carbons (Fsp3) is 0.444. The summed E-state index contributed by atoms with van der Waals surface area (Å²) in [5.41, 5.74) is 0. The molecule has 2 atom stereocenters. The maximum atomic E-state index is 13.1. The van der Waals surface area contributed by atoms with Crippen LogP contribution >= 0.6 is 23.2 Å². The van der Waals surface area contributed by atoms with Crippen LogP contribution in [0.1, 0.15) is 26.2 Å². The highest BCUT2D eigenvalue weighted by Gasteiger charge is 2.38. The number of piperidine rings is 1. The number of hydrogen-bond acceptors (Lipinski definition) is 4. The summed E-state index contributed by atoms with van der Waals surface area (Å²) in [6.45, 7) is 3.30. The van der Waals surface area contributed by atoms with Crippen molar-refractivity contribution >= 4 is 45.0 Å². The van der Waals surface area contributed by atoms with Gasteiger partial charge < -0.3 is 10.2 Å². The average Bonchev–Trinajstić information content (AvgIpc) is 2.65. The molecule has 0 spiro atoms. The molecule has 28 heavy (non-hydrogen) atoms. The predicted molar refractivity (Wildman–Crippen MR) is 106 cm³/mol. The van der Waals surface area contributed by atoms with E-state index in [9.17, 15) is 18.0 Å². The fourth-order valence-electron chi connectivity index (χ4n) is 3.41. The van der Waals surface area contributed by atoms with Crippen molar-refractivity contribution in [2.45, 2.75) is 37.1 Å². The van der Waals surface area contributed by atoms with Crippen LogP contribution in [0.4, 0.5) is 0 Å². The van der Waals surface area contributed by atoms with Crippen LogP contribution in [-0.4, -0.2) is 48.6 Å². The second-order valence-electron chi connectivity index (χ2n) is 7.04. The van der Waals surface area contributed by atoms with Crippen LogP contribution in [0.5, 0.6) is 0 Å². The van der Waals surface area contributed by atoms with Gasteiger partial charge in [0.05, 0.1) is 21.4 Å². The highest BCUT2D eigenvalue weighted by atomic mass is 35.5. The Kier molecular flexibility index (Phi) is 6.21. The van der Waals surface area contributed by atoms with Gasteiger partial charge in [0.15, 0.2) is 0 Å². The largest absolute Gasteiger partial charge is 0.342 e. The van der Waals surface area contributed by atoms with Gasteiger partial charge in [0.2, 0.25) is 11.8 Å². The number of carbonyl (C=O) groups excluding carboxylic acids is 2. The lowest BCUT2D eigenvalue weighted by molar-refractivity contribution is -0.137. The topological polar surface area (TPSA) is 86.8 Å². The summed E-state index contributed by atoms with van der Waals surface area (Å²) in [6.07, 6.45) is 4.20. The van der Waals surface area contributed by atoms with Gasteiger partial charge in [0, 0.05) is 25.5 Å². The number of likely N-dealkylation sites (tertiary alicyclic amines) is 1. The summed E-state index contributed by atoms with van der Waals surface area (Å²) < 4.78 is 27.1. The van der Waals surface area contributed by atoms with Crippen molar-refractivity contribution in [3.63, 3.8) is 0 Å². The Morgan fingerprint density at radius 2 is 2.04 bits per heavy atom. The molecule has 7 nitrogen and oxygen atoms in total. The maximum Gasteiger partial charge on any atom is 0.264 e. The lowest BCUT2D eigenvalue weighted by Crippen LogP contribution is -2.52. The summed E-state index contributed by atoms with van der Waals surface area (Å²) in [4.78, 5) is 26.7. The maximum absolute atomic E-state index is 13.1. The summed E-state index contributed by atoms with van der Waals surface area (Å²) >= 11 is 11.8. The molecule has 1 fully saturated rings. The molecule has 10 heteroatoms. The first-order valence-electron chi connectivity index (χ1n) is 8.93. The monoisotopic (exact) mass is 445 g/mol. The quantitative estimate of drug-likeness (QED) is 0.771. The van der Waals surface area contributed by atoms with Crippen LogP contribution in [0, 0.1) is 5.92 Å². The molecule has 0 unspecified atom stereocenters. The lowest BCUT2D eigenvalue weighted by Gasteiger charge is -2.35. The third-order valence-electron chi connectivity index (χ3n) is 4.90. The molecule has 2 amide bonds. The van der Waals surface area contributed by atoms with Crippen LogP contribution in [0.25, 0.3) is 0 Å². The number of nitrogens with one attached hydrogen (secondary N) is 1. The minimum absolute atomic E-state index is 0.0862. The van der Waals surface area contributed by atoms with Gasteiger partial charge in [-0.1, -0.05) is 30.1 Å². The van der Waals surface area contributed by atoms with Gasteiger partial charge >= 0.3 is 0 Å². The number of hydrogen-bond donors (Lipinski definition) is 1. The normalized spacial score (nSPS) is 22.9. The van der Waals surface area contributed by atoms with Crippen molar-refractivity contribution in [1.82, 2.24) is 14.5 Å². The molecule has 1 N–H and O–H groups in total. The number of nitrogens with zero attached hydrogens (tertiary/aromatic N) is 2. The minimum atomic E-state index is -4.10. The number of sulfonamides is 1. The van der Waals surface area contributed by atoms with E-state index in [1.54, 1.807) is 4.90 Å². The van der Waals surface area contributed by atoms with E-state index in [2.05, 4.69) is 12.2 Å². The van der Waals surface area contributed by atoms with Gasteiger partial charge in [-0.2, -0.15) is 0 Å². The second kappa shape index (κ2) is 8.31. The summed E-state index contributed by atoms with van der Waals surface area (Å²) in [5.74, 6) is -0.408. The molecule has 152 valence electrons. The number of benzene rings is 1. The van der Waals surface area contributed by atoms with Crippen molar-refractivity contribution in [2.75, 3.05) is 13.1 Å². The van der Waals surface area contributed by atoms with E-state index in [-0.39, 0.29) is 27.3 Å². The van der Waals surface area contributed by atoms with E-state index < -0.39 is 22.0 Å². The molecule has 1 aromatic carbocycles. The van der Waals surface area contributed by atoms with Crippen molar-refractivity contribution in [2.24, 2.45) is 5.92 Å². The standard InChI is InChI=1S/C18H21Cl2N3O4S/c1-12-3-2-7-22(11-12)17(24)10-16-18(25)21-6-8-23(16)28(26,27)13-4-5-14(19)15(20)9-13/h4-6,8-9,12,16H,2-3,7,10-11H2,1H3,(H,21,25)/t12-,16+/m0/s1. The zero-order valence-corrected chi connectivity index (χ0v) is 17.6. The lowest BCUT2D eigenvalue weighted by atomic mass is 9.99. The number of halogens is 2. The molecule has 0 bridgehead atoms. The van der Waals surface area contributed by atoms with Gasteiger partial charge in [0.1, 0.15) is 6.04 Å². The molecule has 2 heterocycles. The molecular weight excluding hydrogens is 425 g/mol. The van der Waals surface area contributed by atoms with E-state index in [4.69, 9.17) is 23.2 Å². The van der Waals surface area contributed by atoms with E-state index >= 15 is 0 Å². The second-order valence-corrected chi connectivity index (χ2v) is 9.70. The third kappa shape index (κ3) is 4.29. The summed E-state index contributed by atoms with van der Waals surface area (Å²) in [7, 11) is -4.10. The highest BCUT2D eigenvalue weighted by molar-refractivity contribution is 7.89. The first kappa shape index (κ1) is 21.0. The van der Waals surface area contributed by atoms with E-state index in [0.717, 1.165) is 17.1 Å². The van der Waals surface area contributed by atoms with Gasteiger partial charge in [-0.15, -0.1) is 0 Å². The van der Waals surface area contributed by atoms with E-state index in [1.807, 2.05) is 0 Å².